The van der Waals surface area contributed by atoms with Crippen molar-refractivity contribution in [2.24, 2.45) is 5.73 Å². The first-order valence-electron chi connectivity index (χ1n) is 8.26. The van der Waals surface area contributed by atoms with Gasteiger partial charge in [0.1, 0.15) is 11.5 Å². The molecule has 1 atom stereocenters. The second kappa shape index (κ2) is 7.73. The van der Waals surface area contributed by atoms with Crippen LogP contribution < -0.4 is 11.1 Å². The SMILES string of the molecule is NCC1CCCCN1C(=O)NCc1ccc(-c2cccc(Cl)c2)o1. The lowest BCUT2D eigenvalue weighted by Crippen LogP contribution is -2.51. The van der Waals surface area contributed by atoms with Crippen molar-refractivity contribution in [3.8, 4) is 11.3 Å². The molecule has 2 aromatic rings. The Balaban J connectivity index is 1.60. The molecule has 1 fully saturated rings. The molecule has 1 aliphatic heterocycles. The Kier molecular flexibility index (Phi) is 5.43. The molecule has 2 amide bonds. The molecule has 1 aliphatic rings. The van der Waals surface area contributed by atoms with Crippen molar-refractivity contribution in [1.29, 1.82) is 0 Å². The molecule has 6 heteroatoms. The number of nitrogens with zero attached hydrogens (tertiary/aromatic N) is 1. The van der Waals surface area contributed by atoms with Gasteiger partial charge in [-0.05, 0) is 43.5 Å². The first kappa shape index (κ1) is 16.9. The standard InChI is InChI=1S/C18H22ClN3O2/c19-14-5-3-4-13(10-14)17-8-7-16(24-17)12-21-18(23)22-9-2-1-6-15(22)11-20/h3-5,7-8,10,15H,1-2,6,9,11-12,20H2,(H,21,23). The first-order valence-corrected chi connectivity index (χ1v) is 8.64. The lowest BCUT2D eigenvalue weighted by atomic mass is 10.0. The van der Waals surface area contributed by atoms with Crippen molar-refractivity contribution in [3.63, 3.8) is 0 Å². The Morgan fingerprint density at radius 1 is 1.33 bits per heavy atom. The number of hydrogen-bond acceptors (Lipinski definition) is 3. The van der Waals surface area contributed by atoms with E-state index in [1.807, 2.05) is 41.3 Å². The van der Waals surface area contributed by atoms with E-state index in [0.717, 1.165) is 37.1 Å². The highest BCUT2D eigenvalue weighted by Crippen LogP contribution is 2.25. The van der Waals surface area contributed by atoms with Crippen molar-refractivity contribution < 1.29 is 9.21 Å². The summed E-state index contributed by atoms with van der Waals surface area (Å²) in [6.45, 7) is 1.62. The number of halogens is 1. The molecule has 3 rings (SSSR count). The average molecular weight is 348 g/mol. The van der Waals surface area contributed by atoms with Gasteiger partial charge >= 0.3 is 6.03 Å². The molecule has 1 unspecified atom stereocenters. The fourth-order valence-corrected chi connectivity index (χ4v) is 3.24. The predicted molar refractivity (Wildman–Crippen MR) is 94.8 cm³/mol. The molecule has 1 aromatic heterocycles. The van der Waals surface area contributed by atoms with E-state index < -0.39 is 0 Å². The van der Waals surface area contributed by atoms with Crippen LogP contribution in [0.1, 0.15) is 25.0 Å². The molecule has 2 heterocycles. The molecule has 0 aliphatic carbocycles. The Labute approximate surface area is 146 Å². The zero-order chi connectivity index (χ0) is 16.9. The minimum absolute atomic E-state index is 0.0779. The number of piperidine rings is 1. The quantitative estimate of drug-likeness (QED) is 0.887. The Morgan fingerprint density at radius 3 is 3.00 bits per heavy atom. The highest BCUT2D eigenvalue weighted by Gasteiger charge is 2.25. The number of carbonyl (C=O) groups excluding carboxylic acids is 1. The van der Waals surface area contributed by atoms with Gasteiger partial charge in [-0.25, -0.2) is 4.79 Å². The summed E-state index contributed by atoms with van der Waals surface area (Å²) in [5.74, 6) is 1.44. The van der Waals surface area contributed by atoms with Gasteiger partial charge in [0.2, 0.25) is 0 Å². The van der Waals surface area contributed by atoms with Gasteiger partial charge in [-0.3, -0.25) is 0 Å². The summed E-state index contributed by atoms with van der Waals surface area (Å²) in [6, 6.07) is 11.3. The Hall–Kier alpha value is -1.98. The van der Waals surface area contributed by atoms with Crippen LogP contribution in [0.4, 0.5) is 4.79 Å². The monoisotopic (exact) mass is 347 g/mol. The number of likely N-dealkylation sites (tertiary alicyclic amines) is 1. The molecule has 128 valence electrons. The summed E-state index contributed by atoms with van der Waals surface area (Å²) in [6.07, 6.45) is 3.14. The molecule has 0 radical (unpaired) electrons. The van der Waals surface area contributed by atoms with E-state index in [0.29, 0.717) is 23.9 Å². The van der Waals surface area contributed by atoms with E-state index in [1.165, 1.54) is 0 Å². The predicted octanol–water partition coefficient (Wildman–Crippen LogP) is 3.62. The van der Waals surface area contributed by atoms with Crippen LogP contribution in [0.2, 0.25) is 5.02 Å². The van der Waals surface area contributed by atoms with Crippen LogP contribution in [0, 0.1) is 0 Å². The maximum atomic E-state index is 12.4. The lowest BCUT2D eigenvalue weighted by molar-refractivity contribution is 0.153. The highest BCUT2D eigenvalue weighted by molar-refractivity contribution is 6.30. The Morgan fingerprint density at radius 2 is 2.21 bits per heavy atom. The van der Waals surface area contributed by atoms with Crippen molar-refractivity contribution in [2.45, 2.75) is 31.8 Å². The van der Waals surface area contributed by atoms with E-state index in [9.17, 15) is 4.79 Å². The average Bonchev–Trinajstić information content (AvgIpc) is 3.08. The summed E-state index contributed by atoms with van der Waals surface area (Å²) in [5, 5.41) is 3.58. The van der Waals surface area contributed by atoms with Crippen LogP contribution >= 0.6 is 11.6 Å². The smallest absolute Gasteiger partial charge is 0.318 e. The Bertz CT molecular complexity index is 701. The molecule has 1 saturated heterocycles. The summed E-state index contributed by atoms with van der Waals surface area (Å²) in [7, 11) is 0. The second-order valence-corrected chi connectivity index (χ2v) is 6.45. The van der Waals surface area contributed by atoms with E-state index in [1.54, 1.807) is 0 Å². The molecule has 0 spiro atoms. The van der Waals surface area contributed by atoms with E-state index in [-0.39, 0.29) is 12.1 Å². The molecule has 5 nitrogen and oxygen atoms in total. The fourth-order valence-electron chi connectivity index (χ4n) is 3.05. The van der Waals surface area contributed by atoms with Crippen molar-refractivity contribution >= 4 is 17.6 Å². The molecule has 0 saturated carbocycles. The molecule has 1 aromatic carbocycles. The summed E-state index contributed by atoms with van der Waals surface area (Å²) in [4.78, 5) is 14.2. The third-order valence-corrected chi connectivity index (χ3v) is 4.58. The topological polar surface area (TPSA) is 71.5 Å². The molecule has 3 N–H and O–H groups in total. The zero-order valence-electron chi connectivity index (χ0n) is 13.5. The van der Waals surface area contributed by atoms with Crippen molar-refractivity contribution in [1.82, 2.24) is 10.2 Å². The number of nitrogens with one attached hydrogen (secondary N) is 1. The van der Waals surface area contributed by atoms with Gasteiger partial charge in [-0.15, -0.1) is 0 Å². The summed E-state index contributed by atoms with van der Waals surface area (Å²) in [5.41, 5.74) is 6.68. The summed E-state index contributed by atoms with van der Waals surface area (Å²) >= 11 is 6.00. The molecule has 24 heavy (non-hydrogen) atoms. The third kappa shape index (κ3) is 3.91. The van der Waals surface area contributed by atoms with Crippen LogP contribution in [0.3, 0.4) is 0 Å². The van der Waals surface area contributed by atoms with Gasteiger partial charge < -0.3 is 20.4 Å². The number of furan rings is 1. The number of rotatable bonds is 4. The van der Waals surface area contributed by atoms with Gasteiger partial charge in [-0.1, -0.05) is 23.7 Å². The third-order valence-electron chi connectivity index (χ3n) is 4.34. The number of hydrogen-bond donors (Lipinski definition) is 2. The largest absolute Gasteiger partial charge is 0.459 e. The van der Waals surface area contributed by atoms with Gasteiger partial charge in [-0.2, -0.15) is 0 Å². The maximum Gasteiger partial charge on any atom is 0.318 e. The number of carbonyl (C=O) groups is 1. The zero-order valence-corrected chi connectivity index (χ0v) is 14.3. The first-order chi connectivity index (χ1) is 11.7. The molecular weight excluding hydrogens is 326 g/mol. The van der Waals surface area contributed by atoms with Crippen LogP contribution in [-0.2, 0) is 6.54 Å². The van der Waals surface area contributed by atoms with Crippen LogP contribution in [0.25, 0.3) is 11.3 Å². The van der Waals surface area contributed by atoms with Gasteiger partial charge in [0.25, 0.3) is 0 Å². The molecule has 0 bridgehead atoms. The van der Waals surface area contributed by atoms with Gasteiger partial charge in [0.05, 0.1) is 6.54 Å². The minimum Gasteiger partial charge on any atom is -0.459 e. The van der Waals surface area contributed by atoms with E-state index in [2.05, 4.69) is 5.32 Å². The van der Waals surface area contributed by atoms with Crippen LogP contribution in [0.15, 0.2) is 40.8 Å². The summed E-state index contributed by atoms with van der Waals surface area (Å²) < 4.78 is 5.80. The van der Waals surface area contributed by atoms with Crippen molar-refractivity contribution in [2.75, 3.05) is 13.1 Å². The fraction of sp³-hybridized carbons (Fsp3) is 0.389. The lowest BCUT2D eigenvalue weighted by Gasteiger charge is -2.34. The molecular formula is C18H22ClN3O2. The van der Waals surface area contributed by atoms with E-state index in [4.69, 9.17) is 21.8 Å². The van der Waals surface area contributed by atoms with Gasteiger partial charge in [0, 0.05) is 29.7 Å². The van der Waals surface area contributed by atoms with Gasteiger partial charge in [0.15, 0.2) is 0 Å². The van der Waals surface area contributed by atoms with Crippen LogP contribution in [0.5, 0.6) is 0 Å². The number of amides is 2. The van der Waals surface area contributed by atoms with Crippen molar-refractivity contribution in [3.05, 3.63) is 47.2 Å². The highest BCUT2D eigenvalue weighted by atomic mass is 35.5. The number of urea groups is 1. The number of benzene rings is 1. The minimum atomic E-state index is -0.0779. The number of nitrogens with two attached hydrogens (primary N) is 1. The van der Waals surface area contributed by atoms with E-state index >= 15 is 0 Å². The maximum absolute atomic E-state index is 12.4. The van der Waals surface area contributed by atoms with Crippen LogP contribution in [-0.4, -0.2) is 30.1 Å². The normalized spacial score (nSPS) is 17.8. The second-order valence-electron chi connectivity index (χ2n) is 6.01.